The van der Waals surface area contributed by atoms with Crippen molar-refractivity contribution in [1.82, 2.24) is 14.8 Å². The Morgan fingerprint density at radius 2 is 1.93 bits per heavy atom. The number of ether oxygens (including phenoxy) is 1. The summed E-state index contributed by atoms with van der Waals surface area (Å²) in [6.07, 6.45) is 2.22. The van der Waals surface area contributed by atoms with Crippen molar-refractivity contribution < 1.29 is 9.53 Å². The number of carbonyl (C=O) groups excluding carboxylic acids is 1. The molecule has 0 aliphatic carbocycles. The monoisotopic (exact) mass is 381 g/mol. The number of methoxy groups -OCH3 is 1. The maximum atomic E-state index is 12.5. The van der Waals surface area contributed by atoms with Gasteiger partial charge in [-0.1, -0.05) is 6.07 Å². The lowest BCUT2D eigenvalue weighted by Gasteiger charge is -2.33. The Morgan fingerprint density at radius 1 is 1.18 bits per heavy atom. The van der Waals surface area contributed by atoms with E-state index in [0.717, 1.165) is 61.7 Å². The average molecular weight is 382 g/mol. The van der Waals surface area contributed by atoms with Crippen LogP contribution in [0.3, 0.4) is 0 Å². The highest BCUT2D eigenvalue weighted by atomic mass is 16.5. The standard InChI is InChI=1S/C23H31N3O2/c1-4-26(5-2)23(27)17-25-15-7-8-19(16-25)22-10-6-9-21(24-22)18-11-13-20(28-3)14-12-18/h6,9-14,19H,4-5,7-8,15-17H2,1-3H3/t19-/m1/s1. The number of hydrogen-bond donors (Lipinski definition) is 0. The summed E-state index contributed by atoms with van der Waals surface area (Å²) in [7, 11) is 1.67. The number of aromatic nitrogens is 1. The van der Waals surface area contributed by atoms with Crippen molar-refractivity contribution in [2.75, 3.05) is 39.8 Å². The van der Waals surface area contributed by atoms with E-state index in [1.54, 1.807) is 7.11 Å². The molecule has 1 aliphatic rings. The maximum Gasteiger partial charge on any atom is 0.236 e. The number of carbonyl (C=O) groups is 1. The van der Waals surface area contributed by atoms with Crippen LogP contribution in [0.4, 0.5) is 0 Å². The summed E-state index contributed by atoms with van der Waals surface area (Å²) in [6, 6.07) is 14.3. The van der Waals surface area contributed by atoms with E-state index in [9.17, 15) is 4.79 Å². The molecule has 150 valence electrons. The second kappa shape index (κ2) is 9.69. The topological polar surface area (TPSA) is 45.7 Å². The van der Waals surface area contributed by atoms with E-state index in [1.165, 1.54) is 0 Å². The minimum Gasteiger partial charge on any atom is -0.497 e. The minimum absolute atomic E-state index is 0.227. The van der Waals surface area contributed by atoms with Crippen molar-refractivity contribution in [3.63, 3.8) is 0 Å². The molecule has 1 aliphatic heterocycles. The van der Waals surface area contributed by atoms with Gasteiger partial charge in [-0.25, -0.2) is 0 Å². The van der Waals surface area contributed by atoms with Gasteiger partial charge >= 0.3 is 0 Å². The van der Waals surface area contributed by atoms with Crippen LogP contribution >= 0.6 is 0 Å². The number of rotatable bonds is 7. The first-order valence-electron chi connectivity index (χ1n) is 10.3. The lowest BCUT2D eigenvalue weighted by atomic mass is 9.93. The average Bonchev–Trinajstić information content (AvgIpc) is 2.75. The Kier molecular flexibility index (Phi) is 7.04. The molecule has 28 heavy (non-hydrogen) atoms. The Balaban J connectivity index is 1.70. The molecule has 0 bridgehead atoms. The number of likely N-dealkylation sites (N-methyl/N-ethyl adjacent to an activating group) is 1. The summed E-state index contributed by atoms with van der Waals surface area (Å²) >= 11 is 0. The normalized spacial score (nSPS) is 17.3. The van der Waals surface area contributed by atoms with E-state index in [2.05, 4.69) is 23.1 Å². The van der Waals surface area contributed by atoms with E-state index in [4.69, 9.17) is 9.72 Å². The van der Waals surface area contributed by atoms with Crippen molar-refractivity contribution in [3.05, 3.63) is 48.2 Å². The van der Waals surface area contributed by atoms with Gasteiger partial charge in [0, 0.05) is 36.8 Å². The number of nitrogens with zero attached hydrogens (tertiary/aromatic N) is 3. The van der Waals surface area contributed by atoms with Crippen LogP contribution in [0.25, 0.3) is 11.3 Å². The highest BCUT2D eigenvalue weighted by Crippen LogP contribution is 2.28. The van der Waals surface area contributed by atoms with Crippen LogP contribution in [0, 0.1) is 0 Å². The van der Waals surface area contributed by atoms with Crippen molar-refractivity contribution in [2.45, 2.75) is 32.6 Å². The van der Waals surface area contributed by atoms with Gasteiger partial charge < -0.3 is 9.64 Å². The quantitative estimate of drug-likeness (QED) is 0.732. The first-order valence-corrected chi connectivity index (χ1v) is 10.3. The smallest absolute Gasteiger partial charge is 0.236 e. The van der Waals surface area contributed by atoms with E-state index in [1.807, 2.05) is 43.0 Å². The summed E-state index contributed by atoms with van der Waals surface area (Å²) in [4.78, 5) is 21.6. The number of likely N-dealkylation sites (tertiary alicyclic amines) is 1. The molecule has 3 rings (SSSR count). The molecule has 1 aromatic heterocycles. The first-order chi connectivity index (χ1) is 13.6. The molecule has 1 amide bonds. The van der Waals surface area contributed by atoms with Gasteiger partial charge in [-0.3, -0.25) is 14.7 Å². The van der Waals surface area contributed by atoms with Gasteiger partial charge in [-0.15, -0.1) is 0 Å². The van der Waals surface area contributed by atoms with E-state index < -0.39 is 0 Å². The predicted octanol–water partition coefficient (Wildman–Crippen LogP) is 3.81. The fourth-order valence-electron chi connectivity index (χ4n) is 3.91. The zero-order chi connectivity index (χ0) is 19.9. The molecule has 1 saturated heterocycles. The third kappa shape index (κ3) is 4.90. The molecule has 1 fully saturated rings. The highest BCUT2D eigenvalue weighted by Gasteiger charge is 2.25. The van der Waals surface area contributed by atoms with Gasteiger partial charge in [0.2, 0.25) is 5.91 Å². The number of pyridine rings is 1. The molecule has 5 heteroatoms. The summed E-state index contributed by atoms with van der Waals surface area (Å²) in [5.41, 5.74) is 3.19. The van der Waals surface area contributed by atoms with Crippen LogP contribution < -0.4 is 4.74 Å². The lowest BCUT2D eigenvalue weighted by molar-refractivity contribution is -0.132. The van der Waals surface area contributed by atoms with Gasteiger partial charge in [0.15, 0.2) is 0 Å². The molecule has 2 heterocycles. The molecule has 0 radical (unpaired) electrons. The fourth-order valence-corrected chi connectivity index (χ4v) is 3.91. The number of hydrogen-bond acceptors (Lipinski definition) is 4. The molecule has 0 saturated carbocycles. The number of benzene rings is 1. The van der Waals surface area contributed by atoms with Crippen LogP contribution in [0.1, 0.15) is 38.3 Å². The van der Waals surface area contributed by atoms with Crippen molar-refractivity contribution in [2.24, 2.45) is 0 Å². The summed E-state index contributed by atoms with van der Waals surface area (Å²) in [6.45, 7) is 8.02. The Morgan fingerprint density at radius 3 is 2.61 bits per heavy atom. The predicted molar refractivity (Wildman–Crippen MR) is 113 cm³/mol. The van der Waals surface area contributed by atoms with Crippen LogP contribution in [0.2, 0.25) is 0 Å². The molecular weight excluding hydrogens is 350 g/mol. The lowest BCUT2D eigenvalue weighted by Crippen LogP contribution is -2.43. The Hall–Kier alpha value is -2.40. The van der Waals surface area contributed by atoms with Gasteiger partial charge in [0.05, 0.1) is 19.3 Å². The van der Waals surface area contributed by atoms with E-state index in [-0.39, 0.29) is 5.91 Å². The van der Waals surface area contributed by atoms with Crippen molar-refractivity contribution >= 4 is 5.91 Å². The summed E-state index contributed by atoms with van der Waals surface area (Å²) in [5, 5.41) is 0. The largest absolute Gasteiger partial charge is 0.497 e. The molecule has 2 aromatic rings. The zero-order valence-electron chi connectivity index (χ0n) is 17.2. The molecule has 0 spiro atoms. The molecule has 1 atom stereocenters. The molecule has 1 aromatic carbocycles. The Labute approximate surface area is 168 Å². The number of piperidine rings is 1. The maximum absolute atomic E-state index is 12.5. The minimum atomic E-state index is 0.227. The zero-order valence-corrected chi connectivity index (χ0v) is 17.2. The van der Waals surface area contributed by atoms with Crippen LogP contribution in [0.15, 0.2) is 42.5 Å². The van der Waals surface area contributed by atoms with Crippen molar-refractivity contribution in [3.8, 4) is 17.0 Å². The summed E-state index contributed by atoms with van der Waals surface area (Å²) in [5.74, 6) is 1.45. The van der Waals surface area contributed by atoms with Crippen LogP contribution in [-0.4, -0.2) is 60.5 Å². The third-order valence-corrected chi connectivity index (χ3v) is 5.56. The second-order valence-electron chi connectivity index (χ2n) is 7.32. The molecule has 5 nitrogen and oxygen atoms in total. The van der Waals surface area contributed by atoms with Gasteiger partial charge in [-0.2, -0.15) is 0 Å². The SMILES string of the molecule is CCN(CC)C(=O)CN1CCC[C@@H](c2cccc(-c3ccc(OC)cc3)n2)C1. The molecular formula is C23H31N3O2. The van der Waals surface area contributed by atoms with Gasteiger partial charge in [0.1, 0.15) is 5.75 Å². The first kappa shape index (κ1) is 20.3. The van der Waals surface area contributed by atoms with E-state index >= 15 is 0 Å². The van der Waals surface area contributed by atoms with Crippen LogP contribution in [0.5, 0.6) is 5.75 Å². The molecule has 0 N–H and O–H groups in total. The second-order valence-corrected chi connectivity index (χ2v) is 7.32. The Bertz CT molecular complexity index is 772. The van der Waals surface area contributed by atoms with Gasteiger partial charge in [0.25, 0.3) is 0 Å². The highest BCUT2D eigenvalue weighted by molar-refractivity contribution is 5.78. The summed E-state index contributed by atoms with van der Waals surface area (Å²) < 4.78 is 5.24. The van der Waals surface area contributed by atoms with Gasteiger partial charge in [-0.05, 0) is 69.6 Å². The van der Waals surface area contributed by atoms with Crippen LogP contribution in [-0.2, 0) is 4.79 Å². The molecule has 0 unspecified atom stereocenters. The fraction of sp³-hybridized carbons (Fsp3) is 0.478. The van der Waals surface area contributed by atoms with Crippen molar-refractivity contribution in [1.29, 1.82) is 0 Å². The number of amides is 1. The third-order valence-electron chi connectivity index (χ3n) is 5.56. The van der Waals surface area contributed by atoms with E-state index in [0.29, 0.717) is 12.5 Å².